The second-order valence-electron chi connectivity index (χ2n) is 8.02. The third-order valence-corrected chi connectivity index (χ3v) is 5.11. The van der Waals surface area contributed by atoms with Gasteiger partial charge in [-0.05, 0) is 73.3 Å². The smallest absolute Gasteiger partial charge is 0.339 e. The Hall–Kier alpha value is -2.77. The first kappa shape index (κ1) is 29.3. The molecular weight excluding hydrogens is 475 g/mol. The number of carboxylic acid groups (broad SMARTS) is 1. The summed E-state index contributed by atoms with van der Waals surface area (Å²) in [5.41, 5.74) is 10.4. The fraction of sp³-hybridized carbons (Fsp3) is 0.269. The van der Waals surface area contributed by atoms with E-state index in [2.05, 4.69) is 17.4 Å². The fourth-order valence-electron chi connectivity index (χ4n) is 3.40. The van der Waals surface area contributed by atoms with Crippen LogP contribution in [0.25, 0.3) is 11.1 Å². The van der Waals surface area contributed by atoms with Crippen molar-refractivity contribution < 1.29 is 19.7 Å². The first-order valence-electron chi connectivity index (χ1n) is 10.7. The van der Waals surface area contributed by atoms with E-state index in [1.165, 1.54) is 5.56 Å². The van der Waals surface area contributed by atoms with Gasteiger partial charge in [-0.3, -0.25) is 0 Å². The van der Waals surface area contributed by atoms with Crippen molar-refractivity contribution in [3.05, 3.63) is 83.4 Å². The molecule has 0 saturated heterocycles. The van der Waals surface area contributed by atoms with E-state index in [0.29, 0.717) is 18.0 Å². The highest BCUT2D eigenvalue weighted by atomic mass is 35.5. The molecular formula is C26H32Cl2N2O4. The van der Waals surface area contributed by atoms with Gasteiger partial charge in [0.1, 0.15) is 11.3 Å². The van der Waals surface area contributed by atoms with Crippen LogP contribution in [0.15, 0.2) is 66.7 Å². The van der Waals surface area contributed by atoms with Crippen molar-refractivity contribution in [3.63, 3.8) is 0 Å². The molecule has 5 N–H and O–H groups in total. The number of nitrogens with two attached hydrogens (primary N) is 1. The summed E-state index contributed by atoms with van der Waals surface area (Å²) in [4.78, 5) is 11.5. The number of aliphatic hydroxyl groups excluding tert-OH is 1. The molecule has 0 saturated carbocycles. The van der Waals surface area contributed by atoms with Gasteiger partial charge in [0.25, 0.3) is 0 Å². The molecule has 0 radical (unpaired) electrons. The number of aliphatic hydroxyl groups is 1. The second-order valence-corrected chi connectivity index (χ2v) is 8.02. The Kier molecular flexibility index (Phi) is 11.9. The van der Waals surface area contributed by atoms with Crippen LogP contribution in [-0.4, -0.2) is 35.4 Å². The summed E-state index contributed by atoms with van der Waals surface area (Å²) in [6, 6.07) is 20.6. The molecule has 0 unspecified atom stereocenters. The Morgan fingerprint density at radius 2 is 1.59 bits per heavy atom. The van der Waals surface area contributed by atoms with Crippen LogP contribution in [0.3, 0.4) is 0 Å². The first-order chi connectivity index (χ1) is 15.3. The summed E-state index contributed by atoms with van der Waals surface area (Å²) in [7, 11) is 0. The number of carbonyl (C=O) groups is 1. The molecule has 0 amide bonds. The fourth-order valence-corrected chi connectivity index (χ4v) is 3.40. The van der Waals surface area contributed by atoms with Crippen molar-refractivity contribution in [2.45, 2.75) is 32.5 Å². The minimum absolute atomic E-state index is 0. The third kappa shape index (κ3) is 8.22. The second kappa shape index (κ2) is 13.8. The topological polar surface area (TPSA) is 105 Å². The van der Waals surface area contributed by atoms with Gasteiger partial charge in [-0.25, -0.2) is 4.79 Å². The monoisotopic (exact) mass is 506 g/mol. The molecule has 0 aromatic heterocycles. The molecule has 1 atom stereocenters. The number of ether oxygens (including phenoxy) is 1. The molecule has 0 aliphatic carbocycles. The van der Waals surface area contributed by atoms with Gasteiger partial charge in [0.2, 0.25) is 0 Å². The molecule has 3 rings (SSSR count). The minimum Gasteiger partial charge on any atom is -0.490 e. The minimum atomic E-state index is -1.00. The highest BCUT2D eigenvalue weighted by Gasteiger charge is 2.14. The van der Waals surface area contributed by atoms with Crippen LogP contribution in [0.4, 0.5) is 5.69 Å². The van der Waals surface area contributed by atoms with Gasteiger partial charge in [0.15, 0.2) is 0 Å². The molecule has 3 aromatic carbocycles. The predicted molar refractivity (Wildman–Crippen MR) is 141 cm³/mol. The maximum absolute atomic E-state index is 11.5. The molecule has 0 spiro atoms. The number of halogens is 2. The van der Waals surface area contributed by atoms with Crippen LogP contribution < -0.4 is 15.8 Å². The zero-order chi connectivity index (χ0) is 23.1. The van der Waals surface area contributed by atoms with E-state index in [0.717, 1.165) is 29.7 Å². The normalized spacial score (nSPS) is 11.3. The van der Waals surface area contributed by atoms with E-state index < -0.39 is 12.1 Å². The highest BCUT2D eigenvalue weighted by Crippen LogP contribution is 2.28. The van der Waals surface area contributed by atoms with Gasteiger partial charge in [-0.1, -0.05) is 42.5 Å². The molecule has 3 aromatic rings. The van der Waals surface area contributed by atoms with Crippen molar-refractivity contribution >= 4 is 36.5 Å². The van der Waals surface area contributed by atoms with Crippen LogP contribution in [0.2, 0.25) is 0 Å². The van der Waals surface area contributed by atoms with E-state index in [-0.39, 0.29) is 36.5 Å². The third-order valence-electron chi connectivity index (χ3n) is 5.11. The molecule has 0 fully saturated rings. The van der Waals surface area contributed by atoms with E-state index in [1.54, 1.807) is 30.3 Å². The molecule has 6 nitrogen and oxygen atoms in total. The Morgan fingerprint density at radius 3 is 2.18 bits per heavy atom. The molecule has 34 heavy (non-hydrogen) atoms. The van der Waals surface area contributed by atoms with Gasteiger partial charge < -0.3 is 26.0 Å². The van der Waals surface area contributed by atoms with Crippen LogP contribution in [-0.2, 0) is 6.42 Å². The average molecular weight is 507 g/mol. The number of hydrogen-bond acceptors (Lipinski definition) is 5. The molecule has 0 aliphatic heterocycles. The lowest BCUT2D eigenvalue weighted by Crippen LogP contribution is -2.23. The van der Waals surface area contributed by atoms with Crippen molar-refractivity contribution in [3.8, 4) is 16.9 Å². The summed E-state index contributed by atoms with van der Waals surface area (Å²) in [5.74, 6) is -0.630. The number of anilines is 1. The number of rotatable bonds is 10. The van der Waals surface area contributed by atoms with Gasteiger partial charge in [-0.2, -0.15) is 0 Å². The number of nitrogen functional groups attached to an aromatic ring is 1. The molecule has 8 heteroatoms. The Labute approximate surface area is 213 Å². The van der Waals surface area contributed by atoms with Crippen molar-refractivity contribution in [1.29, 1.82) is 0 Å². The van der Waals surface area contributed by atoms with Gasteiger partial charge in [0, 0.05) is 12.2 Å². The van der Waals surface area contributed by atoms with Gasteiger partial charge >= 0.3 is 5.97 Å². The lowest BCUT2D eigenvalue weighted by atomic mass is 10.0. The van der Waals surface area contributed by atoms with Crippen LogP contribution in [0.1, 0.15) is 41.4 Å². The largest absolute Gasteiger partial charge is 0.490 e. The van der Waals surface area contributed by atoms with E-state index >= 15 is 0 Å². The summed E-state index contributed by atoms with van der Waals surface area (Å²) in [6.07, 6.45) is 0.139. The summed E-state index contributed by atoms with van der Waals surface area (Å²) in [6.45, 7) is 4.95. The van der Waals surface area contributed by atoms with E-state index in [9.17, 15) is 15.0 Å². The molecule has 0 aliphatic rings. The van der Waals surface area contributed by atoms with Crippen molar-refractivity contribution in [2.24, 2.45) is 0 Å². The summed E-state index contributed by atoms with van der Waals surface area (Å²) >= 11 is 0. The van der Waals surface area contributed by atoms with Crippen molar-refractivity contribution in [2.75, 3.05) is 18.8 Å². The highest BCUT2D eigenvalue weighted by molar-refractivity contribution is 5.92. The summed E-state index contributed by atoms with van der Waals surface area (Å²) < 4.78 is 5.70. The number of benzene rings is 3. The first-order valence-corrected chi connectivity index (χ1v) is 10.7. The Morgan fingerprint density at radius 1 is 0.971 bits per heavy atom. The van der Waals surface area contributed by atoms with Crippen LogP contribution in [0, 0.1) is 0 Å². The SMILES string of the molecule is CC(C)Oc1cc(-c2ccc(CCNC[C@@H](O)c3ccc(N)cc3)cc2)ccc1C(=O)O.Cl.Cl. The Bertz CT molecular complexity index is 1040. The number of nitrogens with one attached hydrogen (secondary N) is 1. The number of carboxylic acids is 1. The summed E-state index contributed by atoms with van der Waals surface area (Å²) in [5, 5.41) is 22.9. The van der Waals surface area contributed by atoms with Crippen LogP contribution in [0.5, 0.6) is 5.75 Å². The van der Waals surface area contributed by atoms with Gasteiger partial charge in [-0.15, -0.1) is 24.8 Å². The van der Waals surface area contributed by atoms with E-state index in [1.807, 2.05) is 38.1 Å². The Balaban J connectivity index is 0.00000289. The molecule has 0 bridgehead atoms. The molecule has 184 valence electrons. The van der Waals surface area contributed by atoms with Gasteiger partial charge in [0.05, 0.1) is 12.2 Å². The van der Waals surface area contributed by atoms with E-state index in [4.69, 9.17) is 10.5 Å². The average Bonchev–Trinajstić information content (AvgIpc) is 2.77. The lowest BCUT2D eigenvalue weighted by molar-refractivity contribution is 0.0690. The maximum Gasteiger partial charge on any atom is 0.339 e. The van der Waals surface area contributed by atoms with Crippen molar-refractivity contribution in [1.82, 2.24) is 5.32 Å². The number of hydrogen-bond donors (Lipinski definition) is 4. The standard InChI is InChI=1S/C26H30N2O4.2ClH/c1-17(2)32-25-15-21(9-12-23(25)26(30)31)19-5-3-18(4-6-19)13-14-28-16-24(29)20-7-10-22(27)11-8-20;;/h3-12,15,17,24,28-29H,13-14,16,27H2,1-2H3,(H,30,31);2*1H/t24-;;/m1../s1. The quantitative estimate of drug-likeness (QED) is 0.224. The molecule has 0 heterocycles. The van der Waals surface area contributed by atoms with Crippen LogP contribution >= 0.6 is 24.8 Å². The maximum atomic E-state index is 11.5. The predicted octanol–water partition coefficient (Wildman–Crippen LogP) is 5.13. The zero-order valence-corrected chi connectivity index (χ0v) is 20.9. The lowest BCUT2D eigenvalue weighted by Gasteiger charge is -2.14. The number of aromatic carboxylic acids is 1. The zero-order valence-electron chi connectivity index (χ0n) is 19.2.